The third-order valence-electron chi connectivity index (χ3n) is 4.83. The van der Waals surface area contributed by atoms with Crippen molar-refractivity contribution < 1.29 is 4.80 Å². The lowest BCUT2D eigenvalue weighted by Crippen LogP contribution is -2.75. The van der Waals surface area contributed by atoms with Crippen LogP contribution in [-0.2, 0) is 0 Å². The standard InChI is InChI=1S/C9H22OSi4/c1-11-4-12(2)6-13(3,5-11)9-14(10,7-11)8-12/h10H,4-9H2,1-3H3. The molecular formula is C9H22OSi4. The monoisotopic (exact) mass is 258 g/mol. The normalized spacial score (nSPS) is 66.0. The minimum atomic E-state index is -1.63. The van der Waals surface area contributed by atoms with Crippen molar-refractivity contribution >= 4 is 32.5 Å². The van der Waals surface area contributed by atoms with E-state index in [4.69, 9.17) is 0 Å². The molecule has 80 valence electrons. The average Bonchev–Trinajstić information content (AvgIpc) is 1.67. The maximum Gasteiger partial charge on any atom is 0.181 e. The van der Waals surface area contributed by atoms with Crippen molar-refractivity contribution in [3.05, 3.63) is 0 Å². The molecule has 0 aliphatic carbocycles. The van der Waals surface area contributed by atoms with E-state index in [-0.39, 0.29) is 0 Å². The lowest BCUT2D eigenvalue weighted by molar-refractivity contribution is 0.543. The zero-order valence-electron chi connectivity index (χ0n) is 9.69. The number of rotatable bonds is 0. The maximum atomic E-state index is 10.8. The topological polar surface area (TPSA) is 20.2 Å². The second kappa shape index (κ2) is 2.39. The van der Waals surface area contributed by atoms with Gasteiger partial charge in [-0.15, -0.1) is 0 Å². The molecule has 0 unspecified atom stereocenters. The minimum Gasteiger partial charge on any atom is -0.433 e. The third kappa shape index (κ3) is 1.32. The van der Waals surface area contributed by atoms with Gasteiger partial charge in [0.15, 0.2) is 8.32 Å². The lowest BCUT2D eigenvalue weighted by atomic mass is 11.6. The van der Waals surface area contributed by atoms with Gasteiger partial charge >= 0.3 is 0 Å². The fraction of sp³-hybridized carbons (Fsp3) is 1.00. The molecule has 4 heterocycles. The molecule has 5 heteroatoms. The predicted molar refractivity (Wildman–Crippen MR) is 71.7 cm³/mol. The summed E-state index contributed by atoms with van der Waals surface area (Å²) in [5, 5.41) is 0. The van der Waals surface area contributed by atoms with Crippen LogP contribution in [0.2, 0.25) is 53.6 Å². The first kappa shape index (κ1) is 10.0. The zero-order valence-corrected chi connectivity index (χ0v) is 13.7. The van der Waals surface area contributed by atoms with E-state index < -0.39 is 32.5 Å². The van der Waals surface area contributed by atoms with Crippen molar-refractivity contribution in [3.8, 4) is 0 Å². The summed E-state index contributed by atoms with van der Waals surface area (Å²) in [5.74, 6) is 0. The van der Waals surface area contributed by atoms with Gasteiger partial charge in [-0.25, -0.2) is 0 Å². The second-order valence-electron chi connectivity index (χ2n) is 7.72. The molecule has 4 saturated heterocycles. The Bertz CT molecular complexity index is 210. The van der Waals surface area contributed by atoms with Crippen LogP contribution >= 0.6 is 0 Å². The van der Waals surface area contributed by atoms with Gasteiger partial charge < -0.3 is 4.80 Å². The summed E-state index contributed by atoms with van der Waals surface area (Å²) in [7, 11) is -4.28. The molecule has 0 aromatic rings. The Balaban J connectivity index is 2.08. The van der Waals surface area contributed by atoms with Crippen LogP contribution < -0.4 is 0 Å². The highest BCUT2D eigenvalue weighted by Gasteiger charge is 2.66. The Labute approximate surface area is 91.1 Å². The SMILES string of the molecule is C[Si]12C[Si]3(C)C[Si](C)(C1)C[Si](O)(C2)C3. The maximum absolute atomic E-state index is 10.8. The smallest absolute Gasteiger partial charge is 0.181 e. The quantitative estimate of drug-likeness (QED) is 0.662. The molecule has 0 spiro atoms. The molecule has 4 bridgehead atoms. The van der Waals surface area contributed by atoms with Crippen LogP contribution in [0.15, 0.2) is 0 Å². The number of hydrogen-bond donors (Lipinski definition) is 1. The third-order valence-corrected chi connectivity index (χ3v) is 43.5. The van der Waals surface area contributed by atoms with Gasteiger partial charge in [-0.2, -0.15) is 0 Å². The van der Waals surface area contributed by atoms with E-state index in [0.717, 1.165) is 0 Å². The summed E-state index contributed by atoms with van der Waals surface area (Å²) >= 11 is 0. The van der Waals surface area contributed by atoms with Crippen molar-refractivity contribution in [2.75, 3.05) is 0 Å². The van der Waals surface area contributed by atoms with Crippen LogP contribution in [0.25, 0.3) is 0 Å². The largest absolute Gasteiger partial charge is 0.433 e. The molecule has 0 atom stereocenters. The first-order valence-electron chi connectivity index (χ1n) is 5.97. The highest BCUT2D eigenvalue weighted by atomic mass is 28.5. The molecule has 4 fully saturated rings. The minimum absolute atomic E-state index is 0.882. The van der Waals surface area contributed by atoms with Gasteiger partial charge in [0.05, 0.1) is 0 Å². The van der Waals surface area contributed by atoms with E-state index in [0.29, 0.717) is 0 Å². The van der Waals surface area contributed by atoms with Crippen molar-refractivity contribution in [3.63, 3.8) is 0 Å². The molecule has 1 N–H and O–H groups in total. The van der Waals surface area contributed by atoms with Crippen molar-refractivity contribution in [1.29, 1.82) is 0 Å². The van der Waals surface area contributed by atoms with Crippen LogP contribution in [0.4, 0.5) is 0 Å². The molecule has 0 aromatic carbocycles. The molecule has 0 aromatic heterocycles. The molecule has 0 amide bonds. The summed E-state index contributed by atoms with van der Waals surface area (Å²) in [6.45, 7) is 7.91. The van der Waals surface area contributed by atoms with Crippen molar-refractivity contribution in [2.45, 2.75) is 53.6 Å². The summed E-state index contributed by atoms with van der Waals surface area (Å²) in [6, 6.07) is 0. The Morgan fingerprint density at radius 2 is 0.929 bits per heavy atom. The molecule has 4 aliphatic heterocycles. The Kier molecular flexibility index (Phi) is 1.71. The highest BCUT2D eigenvalue weighted by Crippen LogP contribution is 2.58. The molecule has 4 rings (SSSR count). The molecule has 0 saturated carbocycles. The zero-order chi connectivity index (χ0) is 10.2. The molecule has 14 heavy (non-hydrogen) atoms. The van der Waals surface area contributed by atoms with Crippen LogP contribution in [0.5, 0.6) is 0 Å². The highest BCUT2D eigenvalue weighted by molar-refractivity contribution is 7.28. The van der Waals surface area contributed by atoms with Crippen LogP contribution in [0.1, 0.15) is 0 Å². The fourth-order valence-corrected chi connectivity index (χ4v) is 69.5. The van der Waals surface area contributed by atoms with Gasteiger partial charge in [0.25, 0.3) is 0 Å². The van der Waals surface area contributed by atoms with Crippen LogP contribution in [0.3, 0.4) is 0 Å². The summed E-state index contributed by atoms with van der Waals surface area (Å²) < 4.78 is 0. The van der Waals surface area contributed by atoms with Gasteiger partial charge in [0, 0.05) is 24.2 Å². The van der Waals surface area contributed by atoms with E-state index in [1.165, 1.54) is 17.0 Å². The van der Waals surface area contributed by atoms with E-state index in [2.05, 4.69) is 19.6 Å². The first-order valence-corrected chi connectivity index (χ1v) is 17.9. The van der Waals surface area contributed by atoms with Gasteiger partial charge in [0.1, 0.15) is 0 Å². The van der Waals surface area contributed by atoms with Crippen LogP contribution in [0, 0.1) is 0 Å². The van der Waals surface area contributed by atoms with E-state index in [9.17, 15) is 4.80 Å². The van der Waals surface area contributed by atoms with Crippen LogP contribution in [-0.4, -0.2) is 37.3 Å². The molecule has 0 radical (unpaired) electrons. The van der Waals surface area contributed by atoms with Gasteiger partial charge in [0.2, 0.25) is 0 Å². The lowest BCUT2D eigenvalue weighted by Gasteiger charge is -2.64. The Hall–Kier alpha value is 0.828. The molecular weight excluding hydrogens is 236 g/mol. The summed E-state index contributed by atoms with van der Waals surface area (Å²) in [4.78, 5) is 10.8. The number of hydrogen-bond acceptors (Lipinski definition) is 1. The Morgan fingerprint density at radius 3 is 1.14 bits per heavy atom. The summed E-state index contributed by atoms with van der Waals surface area (Å²) in [5.41, 5.74) is 9.30. The van der Waals surface area contributed by atoms with E-state index in [1.807, 2.05) is 0 Å². The molecule has 4 aliphatic rings. The van der Waals surface area contributed by atoms with Gasteiger partial charge in [-0.1, -0.05) is 36.6 Å². The fourth-order valence-electron chi connectivity index (χ4n) is 6.22. The van der Waals surface area contributed by atoms with E-state index in [1.54, 1.807) is 17.0 Å². The van der Waals surface area contributed by atoms with Crippen molar-refractivity contribution in [1.82, 2.24) is 0 Å². The van der Waals surface area contributed by atoms with Gasteiger partial charge in [-0.3, -0.25) is 0 Å². The predicted octanol–water partition coefficient (Wildman–Crippen LogP) is 2.44. The first-order chi connectivity index (χ1) is 6.24. The Morgan fingerprint density at radius 1 is 0.643 bits per heavy atom. The van der Waals surface area contributed by atoms with Gasteiger partial charge in [-0.05, 0) is 17.0 Å². The molecule has 1 nitrogen and oxygen atoms in total. The average molecular weight is 259 g/mol. The van der Waals surface area contributed by atoms with Crippen molar-refractivity contribution in [2.24, 2.45) is 0 Å². The van der Waals surface area contributed by atoms with E-state index >= 15 is 0 Å². The summed E-state index contributed by atoms with van der Waals surface area (Å²) in [6.07, 6.45) is 0. The second-order valence-corrected chi connectivity index (χ2v) is 29.5.